The average Bonchev–Trinajstić information content (AvgIpc) is 2.56. The first-order valence-corrected chi connectivity index (χ1v) is 4.52. The lowest BCUT2D eigenvalue weighted by atomic mass is 10.1. The molecular formula is C10H12N2O2. The van der Waals surface area contributed by atoms with E-state index in [1.165, 1.54) is 0 Å². The summed E-state index contributed by atoms with van der Waals surface area (Å²) in [5.74, 6) is 0. The molecule has 1 fully saturated rings. The minimum atomic E-state index is -0.328. The second-order valence-electron chi connectivity index (χ2n) is 3.39. The third kappa shape index (κ3) is 1.96. The van der Waals surface area contributed by atoms with Crippen LogP contribution >= 0.6 is 0 Å². The molecule has 0 aromatic heterocycles. The van der Waals surface area contributed by atoms with Crippen molar-refractivity contribution in [2.45, 2.75) is 12.5 Å². The Labute approximate surface area is 82.1 Å². The molecule has 74 valence electrons. The number of nitrogens with two attached hydrogens (primary N) is 1. The van der Waals surface area contributed by atoms with Crippen LogP contribution in [0.5, 0.6) is 0 Å². The number of anilines is 1. The quantitative estimate of drug-likeness (QED) is 0.685. The third-order valence-electron chi connectivity index (χ3n) is 2.20. The van der Waals surface area contributed by atoms with Gasteiger partial charge >= 0.3 is 6.09 Å². The molecule has 1 aliphatic rings. The van der Waals surface area contributed by atoms with E-state index in [1.54, 1.807) is 0 Å². The molecule has 0 unspecified atom stereocenters. The molecule has 0 aliphatic carbocycles. The minimum absolute atomic E-state index is 0.0890. The van der Waals surface area contributed by atoms with Gasteiger partial charge in [0.1, 0.15) is 6.61 Å². The number of alkyl carbamates (subject to hydrolysis) is 1. The third-order valence-corrected chi connectivity index (χ3v) is 2.20. The summed E-state index contributed by atoms with van der Waals surface area (Å²) in [6.45, 7) is 0.448. The standard InChI is InChI=1S/C10H12N2O2/c11-8-3-1-7(2-4-8)5-9-6-14-10(13)12-9/h1-4,9H,5-6,11H2,(H,12,13)/t9-/m1/s1. The Morgan fingerprint density at radius 2 is 2.14 bits per heavy atom. The number of carbonyl (C=O) groups is 1. The predicted octanol–water partition coefficient (Wildman–Crippen LogP) is 0.920. The minimum Gasteiger partial charge on any atom is -0.447 e. The molecule has 1 amide bonds. The van der Waals surface area contributed by atoms with Gasteiger partial charge < -0.3 is 15.8 Å². The average molecular weight is 192 g/mol. The van der Waals surface area contributed by atoms with Crippen molar-refractivity contribution in [3.63, 3.8) is 0 Å². The lowest BCUT2D eigenvalue weighted by Gasteiger charge is -2.06. The molecule has 0 spiro atoms. The van der Waals surface area contributed by atoms with Crippen molar-refractivity contribution in [1.82, 2.24) is 5.32 Å². The molecule has 4 nitrogen and oxygen atoms in total. The molecule has 1 aliphatic heterocycles. The Morgan fingerprint density at radius 1 is 1.43 bits per heavy atom. The SMILES string of the molecule is Nc1ccc(C[C@@H]2COC(=O)N2)cc1. The Balaban J connectivity index is 1.97. The molecule has 4 heteroatoms. The van der Waals surface area contributed by atoms with E-state index in [0.717, 1.165) is 17.7 Å². The van der Waals surface area contributed by atoms with Crippen molar-refractivity contribution >= 4 is 11.8 Å². The van der Waals surface area contributed by atoms with E-state index in [9.17, 15) is 4.79 Å². The van der Waals surface area contributed by atoms with Gasteiger partial charge in [-0.05, 0) is 24.1 Å². The van der Waals surface area contributed by atoms with Gasteiger partial charge in [-0.2, -0.15) is 0 Å². The summed E-state index contributed by atoms with van der Waals surface area (Å²) in [5.41, 5.74) is 7.46. The number of hydrogen-bond acceptors (Lipinski definition) is 3. The Bertz CT molecular complexity index is 334. The summed E-state index contributed by atoms with van der Waals surface area (Å²) in [5, 5.41) is 2.72. The van der Waals surface area contributed by atoms with E-state index in [0.29, 0.717) is 6.61 Å². The number of nitrogens with one attached hydrogen (secondary N) is 1. The molecule has 1 aromatic carbocycles. The predicted molar refractivity (Wildman–Crippen MR) is 52.8 cm³/mol. The van der Waals surface area contributed by atoms with Crippen molar-refractivity contribution in [2.24, 2.45) is 0 Å². The van der Waals surface area contributed by atoms with Crippen molar-refractivity contribution in [2.75, 3.05) is 12.3 Å². The van der Waals surface area contributed by atoms with Gasteiger partial charge in [0.2, 0.25) is 0 Å². The number of amides is 1. The number of hydrogen-bond donors (Lipinski definition) is 2. The summed E-state index contributed by atoms with van der Waals surface area (Å²) in [6, 6.07) is 7.71. The molecule has 1 heterocycles. The Morgan fingerprint density at radius 3 is 2.71 bits per heavy atom. The zero-order chi connectivity index (χ0) is 9.97. The highest BCUT2D eigenvalue weighted by Crippen LogP contribution is 2.10. The van der Waals surface area contributed by atoms with Gasteiger partial charge in [0.15, 0.2) is 0 Å². The second-order valence-corrected chi connectivity index (χ2v) is 3.39. The normalized spacial score (nSPS) is 20.3. The highest BCUT2D eigenvalue weighted by Gasteiger charge is 2.21. The van der Waals surface area contributed by atoms with Crippen LogP contribution in [0.15, 0.2) is 24.3 Å². The fourth-order valence-corrected chi connectivity index (χ4v) is 1.47. The van der Waals surface area contributed by atoms with Crippen LogP contribution in [0.4, 0.5) is 10.5 Å². The Hall–Kier alpha value is -1.71. The van der Waals surface area contributed by atoms with Crippen LogP contribution in [0.3, 0.4) is 0 Å². The van der Waals surface area contributed by atoms with Crippen molar-refractivity contribution < 1.29 is 9.53 Å². The summed E-state index contributed by atoms with van der Waals surface area (Å²) in [7, 11) is 0. The number of rotatable bonds is 2. The van der Waals surface area contributed by atoms with Crippen LogP contribution < -0.4 is 11.1 Å². The molecular weight excluding hydrogens is 180 g/mol. The number of cyclic esters (lactones) is 1. The molecule has 1 aromatic rings. The van der Waals surface area contributed by atoms with Gasteiger partial charge in [-0.3, -0.25) is 0 Å². The molecule has 0 bridgehead atoms. The van der Waals surface area contributed by atoms with Gasteiger partial charge in [-0.25, -0.2) is 4.79 Å². The van der Waals surface area contributed by atoms with Gasteiger partial charge in [0.05, 0.1) is 6.04 Å². The maximum atomic E-state index is 10.7. The van der Waals surface area contributed by atoms with Crippen molar-refractivity contribution in [1.29, 1.82) is 0 Å². The van der Waals surface area contributed by atoms with Crippen LogP contribution in [0.25, 0.3) is 0 Å². The molecule has 1 atom stereocenters. The number of ether oxygens (including phenoxy) is 1. The van der Waals surface area contributed by atoms with Crippen LogP contribution in [0.2, 0.25) is 0 Å². The van der Waals surface area contributed by atoms with E-state index in [4.69, 9.17) is 10.5 Å². The fourth-order valence-electron chi connectivity index (χ4n) is 1.47. The topological polar surface area (TPSA) is 64.3 Å². The zero-order valence-electron chi connectivity index (χ0n) is 7.69. The first-order chi connectivity index (χ1) is 6.74. The molecule has 0 radical (unpaired) electrons. The Kier molecular flexibility index (Phi) is 2.26. The summed E-state index contributed by atoms with van der Waals surface area (Å²) < 4.78 is 4.79. The highest BCUT2D eigenvalue weighted by molar-refractivity contribution is 5.69. The molecule has 14 heavy (non-hydrogen) atoms. The van der Waals surface area contributed by atoms with Gasteiger partial charge in [0, 0.05) is 5.69 Å². The van der Waals surface area contributed by atoms with E-state index in [1.807, 2.05) is 24.3 Å². The van der Waals surface area contributed by atoms with E-state index in [-0.39, 0.29) is 12.1 Å². The monoisotopic (exact) mass is 192 g/mol. The second kappa shape index (κ2) is 3.57. The van der Waals surface area contributed by atoms with Crippen LogP contribution in [-0.2, 0) is 11.2 Å². The molecule has 3 N–H and O–H groups in total. The summed E-state index contributed by atoms with van der Waals surface area (Å²) >= 11 is 0. The molecule has 2 rings (SSSR count). The van der Waals surface area contributed by atoms with Gasteiger partial charge in [-0.15, -0.1) is 0 Å². The number of carbonyl (C=O) groups excluding carboxylic acids is 1. The first-order valence-electron chi connectivity index (χ1n) is 4.52. The number of benzene rings is 1. The summed E-state index contributed by atoms with van der Waals surface area (Å²) in [6.07, 6.45) is 0.455. The number of nitrogen functional groups attached to an aromatic ring is 1. The smallest absolute Gasteiger partial charge is 0.407 e. The van der Waals surface area contributed by atoms with E-state index < -0.39 is 0 Å². The fraction of sp³-hybridized carbons (Fsp3) is 0.300. The lowest BCUT2D eigenvalue weighted by Crippen LogP contribution is -2.28. The maximum absolute atomic E-state index is 10.7. The van der Waals surface area contributed by atoms with Crippen molar-refractivity contribution in [3.8, 4) is 0 Å². The zero-order valence-corrected chi connectivity index (χ0v) is 7.69. The summed E-state index contributed by atoms with van der Waals surface area (Å²) in [4.78, 5) is 10.7. The lowest BCUT2D eigenvalue weighted by molar-refractivity contribution is 0.177. The molecule has 1 saturated heterocycles. The van der Waals surface area contributed by atoms with Gasteiger partial charge in [-0.1, -0.05) is 12.1 Å². The van der Waals surface area contributed by atoms with Crippen molar-refractivity contribution in [3.05, 3.63) is 29.8 Å². The van der Waals surface area contributed by atoms with Crippen LogP contribution in [0, 0.1) is 0 Å². The van der Waals surface area contributed by atoms with E-state index in [2.05, 4.69) is 5.32 Å². The molecule has 0 saturated carbocycles. The first kappa shape index (κ1) is 8.87. The maximum Gasteiger partial charge on any atom is 0.407 e. The largest absolute Gasteiger partial charge is 0.447 e. The van der Waals surface area contributed by atoms with E-state index >= 15 is 0 Å². The van der Waals surface area contributed by atoms with Crippen LogP contribution in [-0.4, -0.2) is 18.7 Å². The van der Waals surface area contributed by atoms with Gasteiger partial charge in [0.25, 0.3) is 0 Å². The highest BCUT2D eigenvalue weighted by atomic mass is 16.6. The van der Waals surface area contributed by atoms with Crippen LogP contribution in [0.1, 0.15) is 5.56 Å².